The van der Waals surface area contributed by atoms with Crippen LogP contribution in [0.1, 0.15) is 5.56 Å². The highest BCUT2D eigenvalue weighted by Crippen LogP contribution is 2.15. The molecule has 0 radical (unpaired) electrons. The molecule has 1 aliphatic heterocycles. The first kappa shape index (κ1) is 10.2. The Balaban J connectivity index is 2.01. The average molecular weight is 219 g/mol. The third-order valence-electron chi connectivity index (χ3n) is 2.11. The fraction of sp³-hybridized carbons (Fsp3) is 0.273. The third kappa shape index (κ3) is 3.09. The highest BCUT2D eigenvalue weighted by Gasteiger charge is 2.06. The minimum absolute atomic E-state index is 0.223. The van der Waals surface area contributed by atoms with Crippen LogP contribution in [-0.2, 0) is 0 Å². The summed E-state index contributed by atoms with van der Waals surface area (Å²) in [4.78, 5) is 0. The van der Waals surface area contributed by atoms with Gasteiger partial charge in [-0.1, -0.05) is 24.3 Å². The van der Waals surface area contributed by atoms with Crippen LogP contribution in [0.25, 0.3) is 6.08 Å². The molecule has 0 aliphatic carbocycles. The monoisotopic (exact) mass is 219 g/mol. The van der Waals surface area contributed by atoms with E-state index in [1.807, 2.05) is 36.0 Å². The lowest BCUT2D eigenvalue weighted by Crippen LogP contribution is -2.07. The number of anilines is 1. The molecule has 1 unspecified atom stereocenters. The molecule has 0 spiro atoms. The summed E-state index contributed by atoms with van der Waals surface area (Å²) in [6.07, 6.45) is 4.15. The molecule has 4 heteroatoms. The van der Waals surface area contributed by atoms with E-state index in [4.69, 9.17) is 5.73 Å². The number of nitrogens with two attached hydrogens (primary N) is 1. The summed E-state index contributed by atoms with van der Waals surface area (Å²) >= 11 is 1.81. The van der Waals surface area contributed by atoms with Crippen LogP contribution in [0.15, 0.2) is 40.6 Å². The van der Waals surface area contributed by atoms with E-state index in [1.165, 1.54) is 0 Å². The van der Waals surface area contributed by atoms with Crippen molar-refractivity contribution >= 4 is 23.5 Å². The zero-order valence-electron chi connectivity index (χ0n) is 8.34. The number of thioether (sulfide) groups is 1. The maximum atomic E-state index is 5.60. The van der Waals surface area contributed by atoms with Gasteiger partial charge in [-0.3, -0.25) is 0 Å². The van der Waals surface area contributed by atoms with Gasteiger partial charge in [-0.25, -0.2) is 0 Å². The van der Waals surface area contributed by atoms with Crippen LogP contribution in [0.2, 0.25) is 0 Å². The van der Waals surface area contributed by atoms with Gasteiger partial charge in [0.15, 0.2) is 0 Å². The SMILES string of the molecule is Nc1ccc(C=CC2CSCN=N2)cc1. The second-order valence-corrected chi connectivity index (χ2v) is 4.35. The van der Waals surface area contributed by atoms with Gasteiger partial charge in [0.2, 0.25) is 0 Å². The van der Waals surface area contributed by atoms with Gasteiger partial charge < -0.3 is 5.73 Å². The number of rotatable bonds is 2. The van der Waals surface area contributed by atoms with Gasteiger partial charge in [0, 0.05) is 11.4 Å². The van der Waals surface area contributed by atoms with Crippen LogP contribution in [-0.4, -0.2) is 17.7 Å². The van der Waals surface area contributed by atoms with Crippen molar-refractivity contribution in [3.8, 4) is 0 Å². The molecule has 1 aromatic rings. The first-order valence-corrected chi connectivity index (χ1v) is 5.98. The van der Waals surface area contributed by atoms with Crippen molar-refractivity contribution in [3.05, 3.63) is 35.9 Å². The summed E-state index contributed by atoms with van der Waals surface area (Å²) in [7, 11) is 0. The van der Waals surface area contributed by atoms with Crippen LogP contribution < -0.4 is 5.73 Å². The van der Waals surface area contributed by atoms with E-state index in [1.54, 1.807) is 0 Å². The molecular weight excluding hydrogens is 206 g/mol. The third-order valence-corrected chi connectivity index (χ3v) is 2.99. The smallest absolute Gasteiger partial charge is 0.105 e. The average Bonchev–Trinajstić information content (AvgIpc) is 2.30. The second-order valence-electron chi connectivity index (χ2n) is 3.35. The van der Waals surface area contributed by atoms with Crippen molar-refractivity contribution in [3.63, 3.8) is 0 Å². The molecule has 1 atom stereocenters. The van der Waals surface area contributed by atoms with E-state index in [-0.39, 0.29) is 6.04 Å². The molecule has 78 valence electrons. The van der Waals surface area contributed by atoms with Gasteiger partial charge in [-0.2, -0.15) is 10.2 Å². The minimum Gasteiger partial charge on any atom is -0.399 e. The maximum Gasteiger partial charge on any atom is 0.105 e. The molecule has 0 saturated heterocycles. The molecule has 15 heavy (non-hydrogen) atoms. The molecular formula is C11H13N3S. The molecule has 0 saturated carbocycles. The molecule has 0 fully saturated rings. The van der Waals surface area contributed by atoms with Crippen molar-refractivity contribution in [2.75, 3.05) is 17.4 Å². The van der Waals surface area contributed by atoms with Gasteiger partial charge in [-0.05, 0) is 17.7 Å². The Morgan fingerprint density at radius 3 is 2.80 bits per heavy atom. The summed E-state index contributed by atoms with van der Waals surface area (Å²) in [5, 5.41) is 8.16. The number of hydrogen-bond donors (Lipinski definition) is 1. The van der Waals surface area contributed by atoms with Crippen molar-refractivity contribution in [2.45, 2.75) is 6.04 Å². The number of hydrogen-bond acceptors (Lipinski definition) is 4. The molecule has 0 amide bonds. The highest BCUT2D eigenvalue weighted by atomic mass is 32.2. The number of nitrogens with zero attached hydrogens (tertiary/aromatic N) is 2. The summed E-state index contributed by atoms with van der Waals surface area (Å²) < 4.78 is 0. The molecule has 0 bridgehead atoms. The Kier molecular flexibility index (Phi) is 3.40. The zero-order chi connectivity index (χ0) is 10.5. The first-order valence-electron chi connectivity index (χ1n) is 4.83. The summed E-state index contributed by atoms with van der Waals surface area (Å²) in [5.41, 5.74) is 7.54. The van der Waals surface area contributed by atoms with Crippen molar-refractivity contribution in [1.29, 1.82) is 0 Å². The van der Waals surface area contributed by atoms with Crippen LogP contribution in [0.4, 0.5) is 5.69 Å². The van der Waals surface area contributed by atoms with Crippen LogP contribution >= 0.6 is 11.8 Å². The van der Waals surface area contributed by atoms with E-state index in [9.17, 15) is 0 Å². The van der Waals surface area contributed by atoms with Gasteiger partial charge in [0.25, 0.3) is 0 Å². The molecule has 1 heterocycles. The normalized spacial score (nSPS) is 20.9. The quantitative estimate of drug-likeness (QED) is 0.777. The van der Waals surface area contributed by atoms with Crippen LogP contribution in [0, 0.1) is 0 Å². The van der Waals surface area contributed by atoms with Crippen LogP contribution in [0.3, 0.4) is 0 Å². The van der Waals surface area contributed by atoms with E-state index in [2.05, 4.69) is 22.4 Å². The van der Waals surface area contributed by atoms with Crippen molar-refractivity contribution in [2.24, 2.45) is 10.2 Å². The number of azo groups is 1. The van der Waals surface area contributed by atoms with Crippen molar-refractivity contribution in [1.82, 2.24) is 0 Å². The Morgan fingerprint density at radius 2 is 2.13 bits per heavy atom. The molecule has 1 aromatic carbocycles. The minimum atomic E-state index is 0.223. The Morgan fingerprint density at radius 1 is 1.33 bits per heavy atom. The lowest BCUT2D eigenvalue weighted by molar-refractivity contribution is 0.823. The van der Waals surface area contributed by atoms with E-state index < -0.39 is 0 Å². The topological polar surface area (TPSA) is 50.7 Å². The number of nitrogen functional groups attached to an aromatic ring is 1. The summed E-state index contributed by atoms with van der Waals surface area (Å²) in [6, 6.07) is 8.02. The van der Waals surface area contributed by atoms with Gasteiger partial charge in [0.1, 0.15) is 5.88 Å². The fourth-order valence-corrected chi connectivity index (χ4v) is 1.98. The van der Waals surface area contributed by atoms with Crippen LogP contribution in [0.5, 0.6) is 0 Å². The molecule has 2 N–H and O–H groups in total. The van der Waals surface area contributed by atoms with Gasteiger partial charge in [-0.15, -0.1) is 11.8 Å². The van der Waals surface area contributed by atoms with E-state index in [0.717, 1.165) is 22.9 Å². The maximum absolute atomic E-state index is 5.60. The molecule has 0 aromatic heterocycles. The lowest BCUT2D eigenvalue weighted by Gasteiger charge is -2.09. The fourth-order valence-electron chi connectivity index (χ4n) is 1.31. The predicted molar refractivity (Wildman–Crippen MR) is 65.9 cm³/mol. The van der Waals surface area contributed by atoms with Crippen molar-refractivity contribution < 1.29 is 0 Å². The van der Waals surface area contributed by atoms with E-state index in [0.29, 0.717) is 0 Å². The lowest BCUT2D eigenvalue weighted by atomic mass is 10.1. The Bertz CT molecular complexity index is 370. The summed E-state index contributed by atoms with van der Waals surface area (Å²) in [5.74, 6) is 1.82. The Labute approximate surface area is 93.5 Å². The standard InChI is InChI=1S/C11H13N3S/c12-10-4-1-9(2-5-10)3-6-11-7-15-8-13-14-11/h1-6,11H,7-8,12H2. The predicted octanol–water partition coefficient (Wildman–Crippen LogP) is 2.81. The Hall–Kier alpha value is -1.29. The molecule has 1 aliphatic rings. The summed E-state index contributed by atoms with van der Waals surface area (Å²) in [6.45, 7) is 0. The van der Waals surface area contributed by atoms with Gasteiger partial charge in [0.05, 0.1) is 6.04 Å². The number of benzene rings is 1. The molecule has 3 nitrogen and oxygen atoms in total. The zero-order valence-corrected chi connectivity index (χ0v) is 9.15. The highest BCUT2D eigenvalue weighted by molar-refractivity contribution is 7.99. The first-order chi connectivity index (χ1) is 7.34. The second kappa shape index (κ2) is 4.98. The molecule has 2 rings (SSSR count). The largest absolute Gasteiger partial charge is 0.399 e. The van der Waals surface area contributed by atoms with E-state index >= 15 is 0 Å². The van der Waals surface area contributed by atoms with Gasteiger partial charge >= 0.3 is 0 Å².